The van der Waals surface area contributed by atoms with Crippen molar-refractivity contribution in [2.24, 2.45) is 0 Å². The Labute approximate surface area is 200 Å². The van der Waals surface area contributed by atoms with Gasteiger partial charge in [-0.3, -0.25) is 9.69 Å². The predicted octanol–water partition coefficient (Wildman–Crippen LogP) is 5.50. The van der Waals surface area contributed by atoms with Crippen LogP contribution in [0.15, 0.2) is 65.6 Å². The van der Waals surface area contributed by atoms with E-state index in [2.05, 4.69) is 0 Å². The quantitative estimate of drug-likeness (QED) is 0.354. The fourth-order valence-corrected chi connectivity index (χ4v) is 4.79. The first kappa shape index (κ1) is 22.8. The summed E-state index contributed by atoms with van der Waals surface area (Å²) in [6.07, 6.45) is 1.08. The molecule has 4 rings (SSSR count). The van der Waals surface area contributed by atoms with E-state index in [0.29, 0.717) is 32.7 Å². The molecule has 3 aromatic rings. The number of fused-ring (bicyclic) bond motifs is 1. The van der Waals surface area contributed by atoms with Crippen LogP contribution in [0.1, 0.15) is 18.9 Å². The van der Waals surface area contributed by atoms with Crippen molar-refractivity contribution in [3.8, 4) is 11.5 Å². The van der Waals surface area contributed by atoms with Crippen molar-refractivity contribution >= 4 is 62.7 Å². The molecule has 0 aliphatic carbocycles. The lowest BCUT2D eigenvalue weighted by Crippen LogP contribution is -2.27. The number of aliphatic carboxylic acids is 1. The minimum atomic E-state index is -1.04. The van der Waals surface area contributed by atoms with Crippen molar-refractivity contribution in [2.45, 2.75) is 19.4 Å². The average Bonchev–Trinajstić information content (AvgIpc) is 3.09. The molecule has 0 saturated carbocycles. The maximum absolute atomic E-state index is 13.2. The SMILES string of the molecule is CCC(Oc1ccc(/C=C2/SC(=S)N(c3ccc4ccccc4c3)C2=O)cc1OC)C(=O)O. The van der Waals surface area contributed by atoms with Gasteiger partial charge in [0.25, 0.3) is 5.91 Å². The van der Waals surface area contributed by atoms with Gasteiger partial charge in [-0.25, -0.2) is 4.79 Å². The third-order valence-corrected chi connectivity index (χ3v) is 6.49. The summed E-state index contributed by atoms with van der Waals surface area (Å²) in [5.74, 6) is -0.529. The summed E-state index contributed by atoms with van der Waals surface area (Å²) < 4.78 is 11.4. The van der Waals surface area contributed by atoms with Gasteiger partial charge in [0, 0.05) is 0 Å². The zero-order valence-electron chi connectivity index (χ0n) is 18.0. The molecule has 1 unspecified atom stereocenters. The third-order valence-electron chi connectivity index (χ3n) is 5.19. The first-order chi connectivity index (χ1) is 15.9. The molecule has 1 fully saturated rings. The lowest BCUT2D eigenvalue weighted by atomic mass is 10.1. The molecule has 1 aliphatic heterocycles. The van der Waals surface area contributed by atoms with Crippen LogP contribution in [-0.4, -0.2) is 34.5 Å². The van der Waals surface area contributed by atoms with Gasteiger partial charge in [0.2, 0.25) is 0 Å². The highest BCUT2D eigenvalue weighted by Crippen LogP contribution is 2.38. The third kappa shape index (κ3) is 4.72. The van der Waals surface area contributed by atoms with E-state index in [1.165, 1.54) is 23.8 Å². The Morgan fingerprint density at radius 3 is 2.58 bits per heavy atom. The number of anilines is 1. The van der Waals surface area contributed by atoms with Crippen molar-refractivity contribution in [3.63, 3.8) is 0 Å². The van der Waals surface area contributed by atoms with Crippen LogP contribution in [0, 0.1) is 0 Å². The molecular formula is C25H21NO5S2. The van der Waals surface area contributed by atoms with Gasteiger partial charge in [-0.1, -0.05) is 67.3 Å². The number of hydrogen-bond acceptors (Lipinski definition) is 6. The van der Waals surface area contributed by atoms with E-state index >= 15 is 0 Å². The zero-order valence-corrected chi connectivity index (χ0v) is 19.6. The van der Waals surface area contributed by atoms with E-state index in [4.69, 9.17) is 21.7 Å². The van der Waals surface area contributed by atoms with E-state index in [1.54, 1.807) is 31.2 Å². The molecule has 0 bridgehead atoms. The Morgan fingerprint density at radius 1 is 1.12 bits per heavy atom. The Morgan fingerprint density at radius 2 is 1.88 bits per heavy atom. The summed E-state index contributed by atoms with van der Waals surface area (Å²) in [7, 11) is 1.48. The van der Waals surface area contributed by atoms with Crippen molar-refractivity contribution < 1.29 is 24.2 Å². The topological polar surface area (TPSA) is 76.1 Å². The Balaban J connectivity index is 1.60. The van der Waals surface area contributed by atoms with Crippen LogP contribution in [0.5, 0.6) is 11.5 Å². The number of carboxylic acids is 1. The van der Waals surface area contributed by atoms with Crippen molar-refractivity contribution in [1.29, 1.82) is 0 Å². The number of benzene rings is 3. The fourth-order valence-electron chi connectivity index (χ4n) is 3.49. The standard InChI is InChI=1S/C25H21NO5S2/c1-3-19(24(28)29)31-20-11-8-15(12-21(20)30-2)13-22-23(27)26(25(32)33-22)18-10-9-16-6-4-5-7-17(16)14-18/h4-14,19H,3H2,1-2H3,(H,28,29)/b22-13+. The Bertz CT molecular complexity index is 1290. The first-order valence-corrected chi connectivity index (χ1v) is 11.5. The van der Waals surface area contributed by atoms with Gasteiger partial charge in [-0.05, 0) is 53.1 Å². The molecule has 8 heteroatoms. The number of nitrogens with zero attached hydrogens (tertiary/aromatic N) is 1. The lowest BCUT2D eigenvalue weighted by molar-refractivity contribution is -0.145. The van der Waals surface area contributed by atoms with Gasteiger partial charge >= 0.3 is 5.97 Å². The number of amides is 1. The van der Waals surface area contributed by atoms with Crippen LogP contribution < -0.4 is 14.4 Å². The minimum Gasteiger partial charge on any atom is -0.493 e. The summed E-state index contributed by atoms with van der Waals surface area (Å²) in [5, 5.41) is 11.4. The maximum Gasteiger partial charge on any atom is 0.344 e. The van der Waals surface area contributed by atoms with Crippen LogP contribution in [0.4, 0.5) is 5.69 Å². The summed E-state index contributed by atoms with van der Waals surface area (Å²) in [6.45, 7) is 1.73. The van der Waals surface area contributed by atoms with Crippen molar-refractivity contribution in [1.82, 2.24) is 0 Å². The number of carbonyl (C=O) groups excluding carboxylic acids is 1. The van der Waals surface area contributed by atoms with Gasteiger partial charge in [-0.15, -0.1) is 0 Å². The van der Waals surface area contributed by atoms with Crippen LogP contribution in [0.2, 0.25) is 0 Å². The monoisotopic (exact) mass is 479 g/mol. The molecule has 1 saturated heterocycles. The fraction of sp³-hybridized carbons (Fsp3) is 0.160. The largest absolute Gasteiger partial charge is 0.493 e. The van der Waals surface area contributed by atoms with Gasteiger partial charge in [0.15, 0.2) is 21.9 Å². The van der Waals surface area contributed by atoms with E-state index in [9.17, 15) is 14.7 Å². The summed E-state index contributed by atoms with van der Waals surface area (Å²) in [5.41, 5.74) is 1.43. The molecule has 1 aliphatic rings. The minimum absolute atomic E-state index is 0.198. The number of carbonyl (C=O) groups is 2. The van der Waals surface area contributed by atoms with E-state index < -0.39 is 12.1 Å². The molecule has 6 nitrogen and oxygen atoms in total. The first-order valence-electron chi connectivity index (χ1n) is 10.3. The number of thioether (sulfide) groups is 1. The number of thiocarbonyl (C=S) groups is 1. The highest BCUT2D eigenvalue weighted by atomic mass is 32.2. The second kappa shape index (κ2) is 9.64. The molecule has 168 valence electrons. The molecule has 33 heavy (non-hydrogen) atoms. The van der Waals surface area contributed by atoms with Gasteiger partial charge in [-0.2, -0.15) is 0 Å². The summed E-state index contributed by atoms with van der Waals surface area (Å²) in [6, 6.07) is 18.8. The van der Waals surface area contributed by atoms with Gasteiger partial charge in [0.1, 0.15) is 0 Å². The highest BCUT2D eigenvalue weighted by Gasteiger charge is 2.33. The molecule has 0 radical (unpaired) electrons. The summed E-state index contributed by atoms with van der Waals surface area (Å²) >= 11 is 6.73. The molecule has 1 atom stereocenters. The number of rotatable bonds is 7. The number of ether oxygens (including phenoxy) is 2. The predicted molar refractivity (Wildman–Crippen MR) is 135 cm³/mol. The average molecular weight is 480 g/mol. The van der Waals surface area contributed by atoms with Gasteiger partial charge in [0.05, 0.1) is 17.7 Å². The van der Waals surface area contributed by atoms with Crippen LogP contribution in [-0.2, 0) is 9.59 Å². The second-order valence-corrected chi connectivity index (χ2v) is 8.99. The molecule has 0 aromatic heterocycles. The molecule has 1 N–H and O–H groups in total. The van der Waals surface area contributed by atoms with Crippen LogP contribution in [0.25, 0.3) is 16.8 Å². The molecule has 3 aromatic carbocycles. The molecule has 1 amide bonds. The lowest BCUT2D eigenvalue weighted by Gasteiger charge is -2.16. The number of carboxylic acid groups (broad SMARTS) is 1. The van der Waals surface area contributed by atoms with Crippen molar-refractivity contribution in [2.75, 3.05) is 12.0 Å². The second-order valence-electron chi connectivity index (χ2n) is 7.31. The summed E-state index contributed by atoms with van der Waals surface area (Å²) in [4.78, 5) is 26.5. The highest BCUT2D eigenvalue weighted by molar-refractivity contribution is 8.27. The smallest absolute Gasteiger partial charge is 0.344 e. The Kier molecular flexibility index (Phi) is 6.67. The van der Waals surface area contributed by atoms with Gasteiger partial charge < -0.3 is 14.6 Å². The molecular weight excluding hydrogens is 458 g/mol. The van der Waals surface area contributed by atoms with Crippen molar-refractivity contribution in [3.05, 3.63) is 71.1 Å². The number of hydrogen-bond donors (Lipinski definition) is 1. The molecule has 0 spiro atoms. The number of methoxy groups -OCH3 is 1. The zero-order chi connectivity index (χ0) is 23.5. The van der Waals surface area contributed by atoms with E-state index in [-0.39, 0.29) is 5.91 Å². The van der Waals surface area contributed by atoms with E-state index in [0.717, 1.165) is 16.5 Å². The molecule has 1 heterocycles. The normalized spacial score (nSPS) is 15.8. The van der Waals surface area contributed by atoms with Crippen LogP contribution >= 0.6 is 24.0 Å². The van der Waals surface area contributed by atoms with Crippen LogP contribution in [0.3, 0.4) is 0 Å². The Hall–Kier alpha value is -3.36. The maximum atomic E-state index is 13.2. The van der Waals surface area contributed by atoms with E-state index in [1.807, 2.05) is 42.5 Å².